The first kappa shape index (κ1) is 13.8. The van der Waals surface area contributed by atoms with Gasteiger partial charge in [-0.1, -0.05) is 19.1 Å². The molecule has 0 aliphatic heterocycles. The molecule has 2 aromatic rings. The van der Waals surface area contributed by atoms with Gasteiger partial charge in [-0.05, 0) is 47.0 Å². The van der Waals surface area contributed by atoms with E-state index in [1.807, 2.05) is 38.1 Å². The van der Waals surface area contributed by atoms with Gasteiger partial charge in [-0.15, -0.1) is 0 Å². The topological polar surface area (TPSA) is 46.9 Å². The maximum Gasteiger partial charge on any atom is 0.273 e. The standard InChI is InChI=1S/C14H16BrN3O/c1-4-10-8-12(18(3)17-10)14(19)16-11-7-5-6-9(2)13(11)15/h5-8H,4H2,1-3H3,(H,16,19). The van der Waals surface area contributed by atoms with Gasteiger partial charge in [-0.25, -0.2) is 0 Å². The molecule has 1 aromatic carbocycles. The minimum atomic E-state index is -0.152. The summed E-state index contributed by atoms with van der Waals surface area (Å²) in [4.78, 5) is 12.2. The van der Waals surface area contributed by atoms with Crippen LogP contribution in [0, 0.1) is 6.92 Å². The number of rotatable bonds is 3. The minimum Gasteiger partial charge on any atom is -0.320 e. The number of nitrogens with zero attached hydrogens (tertiary/aromatic N) is 2. The molecular formula is C14H16BrN3O. The molecule has 100 valence electrons. The van der Waals surface area contributed by atoms with Crippen molar-refractivity contribution in [1.82, 2.24) is 9.78 Å². The molecule has 19 heavy (non-hydrogen) atoms. The Morgan fingerprint density at radius 1 is 1.47 bits per heavy atom. The molecule has 0 saturated heterocycles. The van der Waals surface area contributed by atoms with Crippen LogP contribution in [0.3, 0.4) is 0 Å². The van der Waals surface area contributed by atoms with Crippen LogP contribution in [0.4, 0.5) is 5.69 Å². The third kappa shape index (κ3) is 2.87. The Bertz CT molecular complexity index is 619. The molecular weight excluding hydrogens is 306 g/mol. The summed E-state index contributed by atoms with van der Waals surface area (Å²) >= 11 is 3.48. The summed E-state index contributed by atoms with van der Waals surface area (Å²) in [6.45, 7) is 4.00. The molecule has 5 heteroatoms. The number of amides is 1. The van der Waals surface area contributed by atoms with Gasteiger partial charge in [0, 0.05) is 11.5 Å². The number of carbonyl (C=O) groups is 1. The van der Waals surface area contributed by atoms with Crippen molar-refractivity contribution in [3.8, 4) is 0 Å². The lowest BCUT2D eigenvalue weighted by molar-refractivity contribution is 0.101. The number of benzene rings is 1. The number of aryl methyl sites for hydroxylation is 3. The van der Waals surface area contributed by atoms with Crippen LogP contribution in [0.5, 0.6) is 0 Å². The van der Waals surface area contributed by atoms with Crippen LogP contribution in [0.25, 0.3) is 0 Å². The molecule has 0 radical (unpaired) electrons. The summed E-state index contributed by atoms with van der Waals surface area (Å²) in [5.41, 5.74) is 3.32. The van der Waals surface area contributed by atoms with Gasteiger partial charge in [0.05, 0.1) is 11.4 Å². The molecule has 0 spiro atoms. The second-order valence-corrected chi connectivity index (χ2v) is 5.18. The van der Waals surface area contributed by atoms with Gasteiger partial charge >= 0.3 is 0 Å². The highest BCUT2D eigenvalue weighted by atomic mass is 79.9. The largest absolute Gasteiger partial charge is 0.320 e. The van der Waals surface area contributed by atoms with E-state index in [1.54, 1.807) is 11.7 Å². The van der Waals surface area contributed by atoms with Gasteiger partial charge in [0.25, 0.3) is 5.91 Å². The number of halogens is 1. The molecule has 1 amide bonds. The number of carbonyl (C=O) groups excluding carboxylic acids is 1. The second-order valence-electron chi connectivity index (χ2n) is 4.39. The van der Waals surface area contributed by atoms with Crippen molar-refractivity contribution in [3.05, 3.63) is 45.7 Å². The highest BCUT2D eigenvalue weighted by Gasteiger charge is 2.14. The number of hydrogen-bond acceptors (Lipinski definition) is 2. The van der Waals surface area contributed by atoms with Crippen LogP contribution in [-0.2, 0) is 13.5 Å². The Kier molecular flexibility index (Phi) is 4.04. The Hall–Kier alpha value is -1.62. The molecule has 0 unspecified atom stereocenters. The fourth-order valence-corrected chi connectivity index (χ4v) is 2.21. The van der Waals surface area contributed by atoms with Gasteiger partial charge < -0.3 is 5.32 Å². The molecule has 0 aliphatic rings. The predicted molar refractivity (Wildman–Crippen MR) is 79.4 cm³/mol. The van der Waals surface area contributed by atoms with Gasteiger partial charge in [-0.3, -0.25) is 9.48 Å². The van der Waals surface area contributed by atoms with Crippen molar-refractivity contribution in [3.63, 3.8) is 0 Å². The van der Waals surface area contributed by atoms with Crippen LogP contribution >= 0.6 is 15.9 Å². The van der Waals surface area contributed by atoms with E-state index in [-0.39, 0.29) is 5.91 Å². The molecule has 1 aromatic heterocycles. The summed E-state index contributed by atoms with van der Waals surface area (Å²) in [7, 11) is 1.78. The average Bonchev–Trinajstić information content (AvgIpc) is 2.76. The molecule has 0 aliphatic carbocycles. The van der Waals surface area contributed by atoms with Crippen LogP contribution in [0.15, 0.2) is 28.7 Å². The zero-order chi connectivity index (χ0) is 14.0. The van der Waals surface area contributed by atoms with Crippen molar-refractivity contribution < 1.29 is 4.79 Å². The highest BCUT2D eigenvalue weighted by molar-refractivity contribution is 9.10. The Labute approximate surface area is 120 Å². The van der Waals surface area contributed by atoms with E-state index < -0.39 is 0 Å². The number of aromatic nitrogens is 2. The molecule has 0 bridgehead atoms. The van der Waals surface area contributed by atoms with Crippen LogP contribution in [0.2, 0.25) is 0 Å². The van der Waals surface area contributed by atoms with E-state index in [4.69, 9.17) is 0 Å². The predicted octanol–water partition coefficient (Wildman–Crippen LogP) is 3.31. The first-order valence-corrected chi connectivity index (χ1v) is 6.91. The van der Waals surface area contributed by atoms with E-state index in [0.29, 0.717) is 5.69 Å². The van der Waals surface area contributed by atoms with Gasteiger partial charge in [-0.2, -0.15) is 5.10 Å². The lowest BCUT2D eigenvalue weighted by Crippen LogP contribution is -2.16. The lowest BCUT2D eigenvalue weighted by atomic mass is 10.2. The molecule has 0 atom stereocenters. The quantitative estimate of drug-likeness (QED) is 0.942. The van der Waals surface area contributed by atoms with Crippen LogP contribution in [-0.4, -0.2) is 15.7 Å². The number of anilines is 1. The van der Waals surface area contributed by atoms with Crippen LogP contribution < -0.4 is 5.32 Å². The van der Waals surface area contributed by atoms with Gasteiger partial charge in [0.2, 0.25) is 0 Å². The SMILES string of the molecule is CCc1cc(C(=O)Nc2cccc(C)c2Br)n(C)n1. The lowest BCUT2D eigenvalue weighted by Gasteiger charge is -2.09. The maximum absolute atomic E-state index is 12.2. The van der Waals surface area contributed by atoms with Gasteiger partial charge in [0.15, 0.2) is 0 Å². The zero-order valence-electron chi connectivity index (χ0n) is 11.2. The number of hydrogen-bond donors (Lipinski definition) is 1. The third-order valence-corrected chi connectivity index (χ3v) is 4.02. The molecule has 1 N–H and O–H groups in total. The summed E-state index contributed by atoms with van der Waals surface area (Å²) in [6, 6.07) is 7.58. The van der Waals surface area contributed by atoms with Crippen molar-refractivity contribution in [2.45, 2.75) is 20.3 Å². The summed E-state index contributed by atoms with van der Waals surface area (Å²) in [6.07, 6.45) is 0.815. The van der Waals surface area contributed by atoms with Crippen molar-refractivity contribution >= 4 is 27.5 Å². The van der Waals surface area contributed by atoms with E-state index in [2.05, 4.69) is 26.3 Å². The summed E-state index contributed by atoms with van der Waals surface area (Å²) in [5, 5.41) is 7.17. The smallest absolute Gasteiger partial charge is 0.273 e. The molecule has 4 nitrogen and oxygen atoms in total. The normalized spacial score (nSPS) is 10.5. The molecule has 2 rings (SSSR count). The summed E-state index contributed by atoms with van der Waals surface area (Å²) in [5.74, 6) is -0.152. The van der Waals surface area contributed by atoms with E-state index >= 15 is 0 Å². The average molecular weight is 322 g/mol. The van der Waals surface area contributed by atoms with Crippen LogP contribution in [0.1, 0.15) is 28.7 Å². The Balaban J connectivity index is 2.25. The minimum absolute atomic E-state index is 0.152. The fraction of sp³-hybridized carbons (Fsp3) is 0.286. The van der Waals surface area contributed by atoms with E-state index in [0.717, 1.165) is 27.8 Å². The Morgan fingerprint density at radius 3 is 2.84 bits per heavy atom. The van der Waals surface area contributed by atoms with Crippen molar-refractivity contribution in [1.29, 1.82) is 0 Å². The third-order valence-electron chi connectivity index (χ3n) is 2.97. The highest BCUT2D eigenvalue weighted by Crippen LogP contribution is 2.26. The second kappa shape index (κ2) is 5.57. The van der Waals surface area contributed by atoms with Gasteiger partial charge in [0.1, 0.15) is 5.69 Å². The first-order valence-electron chi connectivity index (χ1n) is 6.12. The Morgan fingerprint density at radius 2 is 2.21 bits per heavy atom. The fourth-order valence-electron chi connectivity index (χ4n) is 1.84. The molecule has 0 saturated carbocycles. The van der Waals surface area contributed by atoms with Crippen molar-refractivity contribution in [2.75, 3.05) is 5.32 Å². The molecule has 1 heterocycles. The maximum atomic E-state index is 12.2. The number of nitrogens with one attached hydrogen (secondary N) is 1. The monoisotopic (exact) mass is 321 g/mol. The van der Waals surface area contributed by atoms with Crippen molar-refractivity contribution in [2.24, 2.45) is 7.05 Å². The van der Waals surface area contributed by atoms with E-state index in [9.17, 15) is 4.79 Å². The first-order chi connectivity index (χ1) is 9.02. The summed E-state index contributed by atoms with van der Waals surface area (Å²) < 4.78 is 2.51. The molecule has 0 fully saturated rings. The zero-order valence-corrected chi connectivity index (χ0v) is 12.8. The van der Waals surface area contributed by atoms with E-state index in [1.165, 1.54) is 0 Å².